The number of hydrogen-bond donors (Lipinski definition) is 0. The molecule has 2 heterocycles. The van der Waals surface area contributed by atoms with Crippen molar-refractivity contribution < 1.29 is 0 Å². The zero-order valence-corrected chi connectivity index (χ0v) is 9.61. The van der Waals surface area contributed by atoms with Gasteiger partial charge in [0, 0.05) is 18.0 Å². The standard InChI is InChI=1S/C11H10N4S/c1-2-10-13-11(16-14-10)15-7-12-8-5-3-4-6-9(8)15/h3-7H,2H2,1H3. The van der Waals surface area contributed by atoms with Crippen LogP contribution in [0.2, 0.25) is 0 Å². The molecular weight excluding hydrogens is 220 g/mol. The smallest absolute Gasteiger partial charge is 0.215 e. The number of fused-ring (bicyclic) bond motifs is 1. The summed E-state index contributed by atoms with van der Waals surface area (Å²) in [5.41, 5.74) is 2.05. The number of hydrogen-bond acceptors (Lipinski definition) is 4. The second-order valence-electron chi connectivity index (χ2n) is 3.45. The van der Waals surface area contributed by atoms with Crippen molar-refractivity contribution >= 4 is 22.6 Å². The average Bonchev–Trinajstić information content (AvgIpc) is 2.94. The van der Waals surface area contributed by atoms with Gasteiger partial charge in [-0.1, -0.05) is 19.1 Å². The van der Waals surface area contributed by atoms with Gasteiger partial charge in [-0.3, -0.25) is 4.57 Å². The first-order chi connectivity index (χ1) is 7.88. The van der Waals surface area contributed by atoms with Crippen LogP contribution in [0.25, 0.3) is 16.2 Å². The number of benzene rings is 1. The summed E-state index contributed by atoms with van der Waals surface area (Å²) in [6.07, 6.45) is 2.66. The molecule has 0 atom stereocenters. The van der Waals surface area contributed by atoms with E-state index in [-0.39, 0.29) is 0 Å². The van der Waals surface area contributed by atoms with Crippen molar-refractivity contribution in [1.82, 2.24) is 18.9 Å². The summed E-state index contributed by atoms with van der Waals surface area (Å²) in [5, 5.41) is 0.880. The van der Waals surface area contributed by atoms with E-state index in [1.165, 1.54) is 11.5 Å². The lowest BCUT2D eigenvalue weighted by molar-refractivity contribution is 0.964. The first kappa shape index (κ1) is 9.47. The maximum atomic E-state index is 4.45. The normalized spacial score (nSPS) is 11.1. The third kappa shape index (κ3) is 1.40. The molecule has 5 heteroatoms. The van der Waals surface area contributed by atoms with Gasteiger partial charge in [0.25, 0.3) is 0 Å². The maximum Gasteiger partial charge on any atom is 0.215 e. The van der Waals surface area contributed by atoms with Crippen LogP contribution in [0.15, 0.2) is 30.6 Å². The lowest BCUT2D eigenvalue weighted by Gasteiger charge is -1.96. The van der Waals surface area contributed by atoms with E-state index in [0.29, 0.717) is 0 Å². The lowest BCUT2D eigenvalue weighted by Crippen LogP contribution is -1.91. The molecule has 0 N–H and O–H groups in total. The van der Waals surface area contributed by atoms with Crippen molar-refractivity contribution in [2.45, 2.75) is 13.3 Å². The van der Waals surface area contributed by atoms with Gasteiger partial charge in [0.2, 0.25) is 5.13 Å². The maximum absolute atomic E-state index is 4.45. The fourth-order valence-corrected chi connectivity index (χ4v) is 2.33. The summed E-state index contributed by atoms with van der Waals surface area (Å²) < 4.78 is 6.26. The predicted molar refractivity (Wildman–Crippen MR) is 63.9 cm³/mol. The molecular formula is C11H10N4S. The van der Waals surface area contributed by atoms with E-state index in [4.69, 9.17) is 0 Å². The predicted octanol–water partition coefficient (Wildman–Crippen LogP) is 2.44. The fraction of sp³-hybridized carbons (Fsp3) is 0.182. The van der Waals surface area contributed by atoms with Crippen molar-refractivity contribution in [3.63, 3.8) is 0 Å². The van der Waals surface area contributed by atoms with E-state index < -0.39 is 0 Å². The van der Waals surface area contributed by atoms with Crippen LogP contribution in [-0.2, 0) is 6.42 Å². The van der Waals surface area contributed by atoms with E-state index in [1.54, 1.807) is 6.33 Å². The topological polar surface area (TPSA) is 43.6 Å². The monoisotopic (exact) mass is 230 g/mol. The van der Waals surface area contributed by atoms with Crippen molar-refractivity contribution in [2.75, 3.05) is 0 Å². The Bertz CT molecular complexity index is 625. The number of aromatic nitrogens is 4. The van der Waals surface area contributed by atoms with Gasteiger partial charge < -0.3 is 0 Å². The van der Waals surface area contributed by atoms with Crippen molar-refractivity contribution in [3.8, 4) is 5.13 Å². The summed E-state index contributed by atoms with van der Waals surface area (Å²) in [6, 6.07) is 8.02. The molecule has 2 aromatic heterocycles. The van der Waals surface area contributed by atoms with Gasteiger partial charge in [0.1, 0.15) is 12.2 Å². The molecule has 0 aliphatic heterocycles. The van der Waals surface area contributed by atoms with Crippen LogP contribution in [0.3, 0.4) is 0 Å². The highest BCUT2D eigenvalue weighted by Gasteiger charge is 2.08. The number of rotatable bonds is 2. The van der Waals surface area contributed by atoms with Crippen molar-refractivity contribution in [3.05, 3.63) is 36.4 Å². The summed E-state index contributed by atoms with van der Waals surface area (Å²) in [7, 11) is 0. The van der Waals surface area contributed by atoms with Crippen LogP contribution in [0.4, 0.5) is 0 Å². The van der Waals surface area contributed by atoms with Crippen LogP contribution in [0.5, 0.6) is 0 Å². The first-order valence-electron chi connectivity index (χ1n) is 5.13. The molecule has 0 bridgehead atoms. The Hall–Kier alpha value is -1.75. The number of imidazole rings is 1. The third-order valence-corrected chi connectivity index (χ3v) is 3.19. The molecule has 0 saturated heterocycles. The quantitative estimate of drug-likeness (QED) is 0.679. The highest BCUT2D eigenvalue weighted by Crippen LogP contribution is 2.19. The van der Waals surface area contributed by atoms with Gasteiger partial charge in [-0.05, 0) is 12.1 Å². The fourth-order valence-electron chi connectivity index (χ4n) is 1.60. The zero-order chi connectivity index (χ0) is 11.0. The molecule has 0 saturated carbocycles. The molecule has 3 aromatic rings. The third-order valence-electron chi connectivity index (χ3n) is 2.43. The van der Waals surface area contributed by atoms with Gasteiger partial charge in [0.15, 0.2) is 0 Å². The van der Waals surface area contributed by atoms with Crippen LogP contribution < -0.4 is 0 Å². The van der Waals surface area contributed by atoms with E-state index in [1.807, 2.05) is 28.8 Å². The highest BCUT2D eigenvalue weighted by atomic mass is 32.1. The molecule has 0 aliphatic carbocycles. The summed E-state index contributed by atoms with van der Waals surface area (Å²) in [5.74, 6) is 0.887. The van der Waals surface area contributed by atoms with E-state index in [0.717, 1.165) is 28.4 Å². The van der Waals surface area contributed by atoms with Gasteiger partial charge >= 0.3 is 0 Å². The second kappa shape index (κ2) is 3.68. The van der Waals surface area contributed by atoms with Crippen LogP contribution in [0.1, 0.15) is 12.7 Å². The van der Waals surface area contributed by atoms with Gasteiger partial charge in [-0.2, -0.15) is 4.37 Å². The Kier molecular flexibility index (Phi) is 2.18. The molecule has 80 valence electrons. The molecule has 0 radical (unpaired) electrons. The summed E-state index contributed by atoms with van der Waals surface area (Å²) >= 11 is 1.41. The minimum Gasteiger partial charge on any atom is -0.273 e. The SMILES string of the molecule is CCc1nsc(-n2cnc3ccccc32)n1. The minimum absolute atomic E-state index is 0.864. The van der Waals surface area contributed by atoms with Crippen LogP contribution in [0, 0.1) is 0 Å². The Morgan fingerprint density at radius 1 is 1.31 bits per heavy atom. The number of aryl methyl sites for hydroxylation is 1. The molecule has 0 aliphatic rings. The van der Waals surface area contributed by atoms with Crippen LogP contribution >= 0.6 is 11.5 Å². The Balaban J connectivity index is 2.18. The Morgan fingerprint density at radius 2 is 2.19 bits per heavy atom. The summed E-state index contributed by atoms with van der Waals surface area (Å²) in [6.45, 7) is 2.05. The molecule has 0 amide bonds. The molecule has 4 nitrogen and oxygen atoms in total. The molecule has 1 aromatic carbocycles. The molecule has 0 fully saturated rings. The van der Waals surface area contributed by atoms with E-state index in [2.05, 4.69) is 21.3 Å². The molecule has 0 spiro atoms. The zero-order valence-electron chi connectivity index (χ0n) is 8.79. The minimum atomic E-state index is 0.864. The van der Waals surface area contributed by atoms with Gasteiger partial charge in [0.05, 0.1) is 11.0 Å². The number of nitrogens with zero attached hydrogens (tertiary/aromatic N) is 4. The van der Waals surface area contributed by atoms with E-state index >= 15 is 0 Å². The second-order valence-corrected chi connectivity index (χ2v) is 4.18. The lowest BCUT2D eigenvalue weighted by atomic mass is 10.3. The highest BCUT2D eigenvalue weighted by molar-refractivity contribution is 7.08. The molecule has 3 rings (SSSR count). The summed E-state index contributed by atoms with van der Waals surface area (Å²) in [4.78, 5) is 8.78. The van der Waals surface area contributed by atoms with Crippen LogP contribution in [-0.4, -0.2) is 18.9 Å². The van der Waals surface area contributed by atoms with Crippen molar-refractivity contribution in [1.29, 1.82) is 0 Å². The Morgan fingerprint density at radius 3 is 3.00 bits per heavy atom. The average molecular weight is 230 g/mol. The molecule has 16 heavy (non-hydrogen) atoms. The first-order valence-corrected chi connectivity index (χ1v) is 5.91. The molecule has 0 unspecified atom stereocenters. The van der Waals surface area contributed by atoms with Crippen molar-refractivity contribution in [2.24, 2.45) is 0 Å². The Labute approximate surface area is 96.8 Å². The van der Waals surface area contributed by atoms with Gasteiger partial charge in [-0.25, -0.2) is 9.97 Å². The largest absolute Gasteiger partial charge is 0.273 e. The van der Waals surface area contributed by atoms with Gasteiger partial charge in [-0.15, -0.1) is 0 Å². The number of para-hydroxylation sites is 2. The van der Waals surface area contributed by atoms with E-state index in [9.17, 15) is 0 Å².